The lowest BCUT2D eigenvalue weighted by atomic mass is 9.81. The van der Waals surface area contributed by atoms with Gasteiger partial charge in [-0.15, -0.1) is 6.42 Å². The Kier molecular flexibility index (Phi) is 7.67. The van der Waals surface area contributed by atoms with Crippen molar-refractivity contribution in [2.75, 3.05) is 14.2 Å². The number of esters is 2. The first kappa shape index (κ1) is 21.4. The standard InChI is InChI=1S/C25H20O4/c1-4-21-15-8-9-16-22(21)17-11-19-25(23(26)28-2,24(27)29-3)18-10-14-20-12-6-5-7-13-20/h1,5-9,12-13,15-16H,18-19H2,2-3H3. The number of carbonyl (C=O) groups excluding carboxylic acids is 2. The van der Waals surface area contributed by atoms with Gasteiger partial charge in [-0.1, -0.05) is 59.9 Å². The Hall–Kier alpha value is -3.94. The molecule has 4 nitrogen and oxygen atoms in total. The first-order valence-electron chi connectivity index (χ1n) is 8.82. The quantitative estimate of drug-likeness (QED) is 0.462. The average molecular weight is 384 g/mol. The number of methoxy groups -OCH3 is 2. The van der Waals surface area contributed by atoms with Gasteiger partial charge in [-0.25, -0.2) is 0 Å². The van der Waals surface area contributed by atoms with Crippen LogP contribution in [0.1, 0.15) is 29.5 Å². The predicted octanol–water partition coefficient (Wildman–Crippen LogP) is 3.18. The Balaban J connectivity index is 2.38. The molecule has 2 aromatic carbocycles. The predicted molar refractivity (Wildman–Crippen MR) is 110 cm³/mol. The minimum absolute atomic E-state index is 0.0906. The second-order valence-electron chi connectivity index (χ2n) is 6.08. The smallest absolute Gasteiger partial charge is 0.325 e. The summed E-state index contributed by atoms with van der Waals surface area (Å²) in [6.07, 6.45) is 5.28. The van der Waals surface area contributed by atoms with Crippen LogP contribution in [0, 0.1) is 41.4 Å². The number of carbonyl (C=O) groups is 2. The first-order chi connectivity index (χ1) is 14.1. The van der Waals surface area contributed by atoms with Crippen molar-refractivity contribution < 1.29 is 19.1 Å². The van der Waals surface area contributed by atoms with E-state index in [4.69, 9.17) is 15.9 Å². The van der Waals surface area contributed by atoms with Crippen molar-refractivity contribution in [1.82, 2.24) is 0 Å². The molecule has 0 atom stereocenters. The second kappa shape index (κ2) is 10.4. The van der Waals surface area contributed by atoms with Crippen LogP contribution in [0.2, 0.25) is 0 Å². The third kappa shape index (κ3) is 5.29. The molecule has 0 aliphatic heterocycles. The molecule has 0 fully saturated rings. The van der Waals surface area contributed by atoms with Crippen LogP contribution in [-0.4, -0.2) is 26.2 Å². The first-order valence-corrected chi connectivity index (χ1v) is 8.82. The minimum Gasteiger partial charge on any atom is -0.468 e. The van der Waals surface area contributed by atoms with Crippen LogP contribution in [0.5, 0.6) is 0 Å². The van der Waals surface area contributed by atoms with Gasteiger partial charge in [0.1, 0.15) is 0 Å². The lowest BCUT2D eigenvalue weighted by Crippen LogP contribution is -2.40. The van der Waals surface area contributed by atoms with Crippen LogP contribution in [0.25, 0.3) is 0 Å². The molecule has 0 unspecified atom stereocenters. The molecule has 0 N–H and O–H groups in total. The highest BCUT2D eigenvalue weighted by molar-refractivity contribution is 6.00. The summed E-state index contributed by atoms with van der Waals surface area (Å²) in [6.45, 7) is 0. The molecule has 2 rings (SSSR count). The van der Waals surface area contributed by atoms with Crippen molar-refractivity contribution in [3.05, 3.63) is 71.3 Å². The Labute approximate surface area is 171 Å². The van der Waals surface area contributed by atoms with E-state index in [9.17, 15) is 9.59 Å². The number of terminal acetylenes is 1. The van der Waals surface area contributed by atoms with Crippen LogP contribution in [0.15, 0.2) is 54.6 Å². The van der Waals surface area contributed by atoms with Crippen molar-refractivity contribution in [2.45, 2.75) is 12.8 Å². The Morgan fingerprint density at radius 1 is 0.828 bits per heavy atom. The molecule has 29 heavy (non-hydrogen) atoms. The fraction of sp³-hybridized carbons (Fsp3) is 0.200. The molecule has 0 aromatic heterocycles. The number of benzene rings is 2. The van der Waals surface area contributed by atoms with E-state index >= 15 is 0 Å². The molecule has 0 saturated carbocycles. The Morgan fingerprint density at radius 2 is 1.34 bits per heavy atom. The van der Waals surface area contributed by atoms with Crippen molar-refractivity contribution in [1.29, 1.82) is 0 Å². The van der Waals surface area contributed by atoms with E-state index in [0.717, 1.165) is 5.56 Å². The highest BCUT2D eigenvalue weighted by atomic mass is 16.5. The molecule has 2 aromatic rings. The zero-order valence-electron chi connectivity index (χ0n) is 16.3. The van der Waals surface area contributed by atoms with E-state index < -0.39 is 17.4 Å². The van der Waals surface area contributed by atoms with Crippen molar-refractivity contribution in [3.63, 3.8) is 0 Å². The van der Waals surface area contributed by atoms with E-state index in [2.05, 4.69) is 29.6 Å². The van der Waals surface area contributed by atoms with Gasteiger partial charge in [0, 0.05) is 29.5 Å². The number of ether oxygens (including phenoxy) is 2. The minimum atomic E-state index is -1.65. The summed E-state index contributed by atoms with van der Waals surface area (Å²) >= 11 is 0. The van der Waals surface area contributed by atoms with Gasteiger partial charge in [0.15, 0.2) is 5.41 Å². The van der Waals surface area contributed by atoms with E-state index in [1.165, 1.54) is 14.2 Å². The van der Waals surface area contributed by atoms with Gasteiger partial charge in [0.2, 0.25) is 0 Å². The molecule has 144 valence electrons. The summed E-state index contributed by atoms with van der Waals surface area (Å²) in [7, 11) is 2.43. The summed E-state index contributed by atoms with van der Waals surface area (Å²) in [5.74, 6) is 12.7. The molecule has 0 bridgehead atoms. The SMILES string of the molecule is C#Cc1ccccc1C#CCC(CC#Cc1ccccc1)(C(=O)OC)C(=O)OC. The molecule has 0 aliphatic carbocycles. The molecular weight excluding hydrogens is 364 g/mol. The van der Waals surface area contributed by atoms with Gasteiger partial charge in [-0.2, -0.15) is 0 Å². The summed E-state index contributed by atoms with van der Waals surface area (Å²) in [5.41, 5.74) is 0.383. The van der Waals surface area contributed by atoms with Crippen LogP contribution in [0.4, 0.5) is 0 Å². The normalized spacial score (nSPS) is 9.69. The van der Waals surface area contributed by atoms with E-state index in [0.29, 0.717) is 11.1 Å². The molecule has 4 heteroatoms. The van der Waals surface area contributed by atoms with Crippen LogP contribution >= 0.6 is 0 Å². The highest BCUT2D eigenvalue weighted by Crippen LogP contribution is 2.30. The number of hydrogen-bond donors (Lipinski definition) is 0. The zero-order valence-corrected chi connectivity index (χ0v) is 16.3. The van der Waals surface area contributed by atoms with Gasteiger partial charge in [0.25, 0.3) is 0 Å². The Morgan fingerprint density at radius 3 is 1.90 bits per heavy atom. The maximum atomic E-state index is 12.6. The molecule has 0 heterocycles. The lowest BCUT2D eigenvalue weighted by Gasteiger charge is -2.24. The number of hydrogen-bond acceptors (Lipinski definition) is 4. The third-order valence-corrected chi connectivity index (χ3v) is 4.24. The molecule has 0 aliphatic rings. The average Bonchev–Trinajstić information content (AvgIpc) is 2.77. The maximum absolute atomic E-state index is 12.6. The van der Waals surface area contributed by atoms with Crippen molar-refractivity contribution >= 4 is 11.9 Å². The number of rotatable bonds is 4. The summed E-state index contributed by atoms with van der Waals surface area (Å²) in [5, 5.41) is 0. The Bertz CT molecular complexity index is 1020. The van der Waals surface area contributed by atoms with E-state index in [-0.39, 0.29) is 12.8 Å². The van der Waals surface area contributed by atoms with E-state index in [1.807, 2.05) is 42.5 Å². The molecule has 0 radical (unpaired) electrons. The lowest BCUT2D eigenvalue weighted by molar-refractivity contribution is -0.168. The fourth-order valence-electron chi connectivity index (χ4n) is 2.65. The molecule has 0 saturated heterocycles. The summed E-state index contributed by atoms with van der Waals surface area (Å²) in [6, 6.07) is 16.4. The molecule has 0 spiro atoms. The second-order valence-corrected chi connectivity index (χ2v) is 6.08. The maximum Gasteiger partial charge on any atom is 0.325 e. The topological polar surface area (TPSA) is 52.6 Å². The van der Waals surface area contributed by atoms with Crippen molar-refractivity contribution in [3.8, 4) is 36.0 Å². The van der Waals surface area contributed by atoms with Gasteiger partial charge in [-0.05, 0) is 24.3 Å². The van der Waals surface area contributed by atoms with Gasteiger partial charge < -0.3 is 9.47 Å². The van der Waals surface area contributed by atoms with E-state index in [1.54, 1.807) is 12.1 Å². The monoisotopic (exact) mass is 384 g/mol. The van der Waals surface area contributed by atoms with Crippen LogP contribution < -0.4 is 0 Å². The molecular formula is C25H20O4. The van der Waals surface area contributed by atoms with Gasteiger partial charge in [0.05, 0.1) is 14.2 Å². The largest absolute Gasteiger partial charge is 0.468 e. The fourth-order valence-corrected chi connectivity index (χ4v) is 2.65. The third-order valence-electron chi connectivity index (χ3n) is 4.24. The molecule has 0 amide bonds. The van der Waals surface area contributed by atoms with Crippen LogP contribution in [-0.2, 0) is 19.1 Å². The summed E-state index contributed by atoms with van der Waals surface area (Å²) in [4.78, 5) is 25.1. The van der Waals surface area contributed by atoms with Gasteiger partial charge in [-0.3, -0.25) is 9.59 Å². The summed E-state index contributed by atoms with van der Waals surface area (Å²) < 4.78 is 9.76. The van der Waals surface area contributed by atoms with Gasteiger partial charge >= 0.3 is 11.9 Å². The van der Waals surface area contributed by atoms with Crippen LogP contribution in [0.3, 0.4) is 0 Å². The van der Waals surface area contributed by atoms with Crippen molar-refractivity contribution in [2.24, 2.45) is 5.41 Å². The zero-order chi connectivity index (χ0) is 21.1. The highest BCUT2D eigenvalue weighted by Gasteiger charge is 2.47.